The van der Waals surface area contributed by atoms with Crippen LogP contribution in [-0.4, -0.2) is 38.0 Å². The van der Waals surface area contributed by atoms with Crippen LogP contribution >= 0.6 is 0 Å². The van der Waals surface area contributed by atoms with Gasteiger partial charge in [0.2, 0.25) is 0 Å². The molecule has 1 aromatic carbocycles. The monoisotopic (exact) mass is 268 g/mol. The zero-order valence-electron chi connectivity index (χ0n) is 11.4. The standard InChI is InChI=1S/C13H21FN4O/c1-16-6-3-7-18(2)9-11-8-10(13(19)17-15)4-5-12(11)14/h4-5,8,16H,3,6-7,9,15H2,1-2H3,(H,17,19). The summed E-state index contributed by atoms with van der Waals surface area (Å²) >= 11 is 0. The number of nitrogens with one attached hydrogen (secondary N) is 2. The number of carbonyl (C=O) groups excluding carboxylic acids is 1. The predicted octanol–water partition coefficient (Wildman–Crippen LogP) is 0.471. The SMILES string of the molecule is CNCCCN(C)Cc1cc(C(=O)NN)ccc1F. The Bertz CT molecular complexity index is 425. The summed E-state index contributed by atoms with van der Waals surface area (Å²) in [6.45, 7) is 2.23. The van der Waals surface area contributed by atoms with Crippen LogP contribution in [0.3, 0.4) is 0 Å². The van der Waals surface area contributed by atoms with Crippen molar-refractivity contribution in [3.63, 3.8) is 0 Å². The molecule has 0 unspecified atom stereocenters. The molecule has 5 nitrogen and oxygen atoms in total. The van der Waals surface area contributed by atoms with Gasteiger partial charge in [-0.1, -0.05) is 0 Å². The summed E-state index contributed by atoms with van der Waals surface area (Å²) in [5, 5.41) is 3.06. The molecule has 0 aliphatic rings. The summed E-state index contributed by atoms with van der Waals surface area (Å²) in [6, 6.07) is 4.25. The van der Waals surface area contributed by atoms with E-state index in [1.807, 2.05) is 24.4 Å². The molecule has 0 heterocycles. The van der Waals surface area contributed by atoms with Crippen LogP contribution in [0.25, 0.3) is 0 Å². The van der Waals surface area contributed by atoms with E-state index in [1.165, 1.54) is 18.2 Å². The van der Waals surface area contributed by atoms with Gasteiger partial charge in [0.05, 0.1) is 0 Å². The number of hydrazine groups is 1. The Labute approximate surface area is 112 Å². The molecule has 0 aliphatic heterocycles. The molecule has 6 heteroatoms. The molecule has 1 rings (SSSR count). The maximum absolute atomic E-state index is 13.7. The molecular formula is C13H21FN4O. The number of nitrogens with two attached hydrogens (primary N) is 1. The molecule has 0 spiro atoms. The third-order valence-electron chi connectivity index (χ3n) is 2.85. The first kappa shape index (κ1) is 15.6. The number of hydrogen-bond acceptors (Lipinski definition) is 4. The van der Waals surface area contributed by atoms with Gasteiger partial charge in [-0.3, -0.25) is 10.2 Å². The Kier molecular flexibility index (Phi) is 6.41. The van der Waals surface area contributed by atoms with Crippen molar-refractivity contribution in [2.24, 2.45) is 5.84 Å². The minimum Gasteiger partial charge on any atom is -0.320 e. The van der Waals surface area contributed by atoms with Gasteiger partial charge in [0.1, 0.15) is 5.82 Å². The van der Waals surface area contributed by atoms with Gasteiger partial charge in [-0.2, -0.15) is 0 Å². The average Bonchev–Trinajstić information content (AvgIpc) is 2.40. The highest BCUT2D eigenvalue weighted by Gasteiger charge is 2.10. The molecule has 0 saturated carbocycles. The highest BCUT2D eigenvalue weighted by molar-refractivity contribution is 5.93. The van der Waals surface area contributed by atoms with Crippen LogP contribution < -0.4 is 16.6 Å². The summed E-state index contributed by atoms with van der Waals surface area (Å²) < 4.78 is 13.7. The van der Waals surface area contributed by atoms with E-state index >= 15 is 0 Å². The van der Waals surface area contributed by atoms with E-state index < -0.39 is 5.91 Å². The summed E-state index contributed by atoms with van der Waals surface area (Å²) in [5.41, 5.74) is 2.90. The summed E-state index contributed by atoms with van der Waals surface area (Å²) in [5.74, 6) is 4.34. The highest BCUT2D eigenvalue weighted by Crippen LogP contribution is 2.12. The lowest BCUT2D eigenvalue weighted by Gasteiger charge is -2.17. The molecule has 0 atom stereocenters. The smallest absolute Gasteiger partial charge is 0.265 e. The van der Waals surface area contributed by atoms with Crippen molar-refractivity contribution in [2.75, 3.05) is 27.2 Å². The molecular weight excluding hydrogens is 247 g/mol. The van der Waals surface area contributed by atoms with E-state index in [-0.39, 0.29) is 5.82 Å². The maximum atomic E-state index is 13.7. The zero-order chi connectivity index (χ0) is 14.3. The van der Waals surface area contributed by atoms with Crippen LogP contribution in [0.15, 0.2) is 18.2 Å². The van der Waals surface area contributed by atoms with Gasteiger partial charge in [0.15, 0.2) is 0 Å². The van der Waals surface area contributed by atoms with E-state index in [0.717, 1.165) is 19.5 Å². The van der Waals surface area contributed by atoms with Crippen LogP contribution in [0.2, 0.25) is 0 Å². The Hall–Kier alpha value is -1.50. The van der Waals surface area contributed by atoms with E-state index in [9.17, 15) is 9.18 Å². The molecule has 0 bridgehead atoms. The van der Waals surface area contributed by atoms with Gasteiger partial charge in [-0.25, -0.2) is 10.2 Å². The molecule has 0 aromatic heterocycles. The third kappa shape index (κ3) is 4.94. The number of carbonyl (C=O) groups is 1. The molecule has 1 aromatic rings. The number of benzene rings is 1. The molecule has 1 amide bonds. The average molecular weight is 268 g/mol. The van der Waals surface area contributed by atoms with Crippen molar-refractivity contribution >= 4 is 5.91 Å². The van der Waals surface area contributed by atoms with Crippen LogP contribution in [-0.2, 0) is 6.54 Å². The number of rotatable bonds is 7. The third-order valence-corrected chi connectivity index (χ3v) is 2.85. The van der Waals surface area contributed by atoms with E-state index in [1.54, 1.807) is 0 Å². The Morgan fingerprint density at radius 1 is 1.47 bits per heavy atom. The minimum atomic E-state index is -0.418. The lowest BCUT2D eigenvalue weighted by molar-refractivity contribution is 0.0953. The Morgan fingerprint density at radius 2 is 2.21 bits per heavy atom. The van der Waals surface area contributed by atoms with Crippen molar-refractivity contribution < 1.29 is 9.18 Å². The number of nitrogen functional groups attached to an aromatic ring is 1. The first-order chi connectivity index (χ1) is 9.08. The van der Waals surface area contributed by atoms with Gasteiger partial charge in [0.25, 0.3) is 5.91 Å². The second-order valence-electron chi connectivity index (χ2n) is 4.47. The van der Waals surface area contributed by atoms with Crippen LogP contribution in [0.4, 0.5) is 4.39 Å². The van der Waals surface area contributed by atoms with Gasteiger partial charge in [-0.15, -0.1) is 0 Å². The molecule has 4 N–H and O–H groups in total. The predicted molar refractivity (Wildman–Crippen MR) is 72.9 cm³/mol. The molecule has 19 heavy (non-hydrogen) atoms. The van der Waals surface area contributed by atoms with Crippen LogP contribution in [0.1, 0.15) is 22.3 Å². The summed E-state index contributed by atoms with van der Waals surface area (Å²) in [4.78, 5) is 13.4. The fourth-order valence-electron chi connectivity index (χ4n) is 1.82. The van der Waals surface area contributed by atoms with Crippen LogP contribution in [0.5, 0.6) is 0 Å². The highest BCUT2D eigenvalue weighted by atomic mass is 19.1. The number of nitrogens with zero attached hydrogens (tertiary/aromatic N) is 1. The first-order valence-electron chi connectivity index (χ1n) is 6.21. The number of halogens is 1. The van der Waals surface area contributed by atoms with Crippen molar-refractivity contribution in [3.8, 4) is 0 Å². The largest absolute Gasteiger partial charge is 0.320 e. The summed E-state index contributed by atoms with van der Waals surface area (Å²) in [6.07, 6.45) is 0.984. The quantitative estimate of drug-likeness (QED) is 0.291. The maximum Gasteiger partial charge on any atom is 0.265 e. The molecule has 0 saturated heterocycles. The first-order valence-corrected chi connectivity index (χ1v) is 6.21. The normalized spacial score (nSPS) is 10.8. The van der Waals surface area contributed by atoms with E-state index in [4.69, 9.17) is 5.84 Å². The molecule has 106 valence electrons. The van der Waals surface area contributed by atoms with Gasteiger partial charge >= 0.3 is 0 Å². The van der Waals surface area contributed by atoms with Crippen molar-refractivity contribution in [2.45, 2.75) is 13.0 Å². The zero-order valence-corrected chi connectivity index (χ0v) is 11.4. The Morgan fingerprint density at radius 3 is 2.84 bits per heavy atom. The lowest BCUT2D eigenvalue weighted by Crippen LogP contribution is -2.30. The fraction of sp³-hybridized carbons (Fsp3) is 0.462. The fourth-order valence-corrected chi connectivity index (χ4v) is 1.82. The van der Waals surface area contributed by atoms with Gasteiger partial charge < -0.3 is 10.2 Å². The Balaban J connectivity index is 2.68. The molecule has 0 fully saturated rings. The number of hydrogen-bond donors (Lipinski definition) is 3. The van der Waals surface area contributed by atoms with Crippen molar-refractivity contribution in [1.29, 1.82) is 0 Å². The minimum absolute atomic E-state index is 0.311. The second-order valence-corrected chi connectivity index (χ2v) is 4.47. The van der Waals surface area contributed by atoms with Gasteiger partial charge in [-0.05, 0) is 51.8 Å². The second kappa shape index (κ2) is 7.83. The van der Waals surface area contributed by atoms with E-state index in [2.05, 4.69) is 5.32 Å². The molecule has 0 aliphatic carbocycles. The molecule has 0 radical (unpaired) electrons. The lowest BCUT2D eigenvalue weighted by atomic mass is 10.1. The van der Waals surface area contributed by atoms with Crippen molar-refractivity contribution in [3.05, 3.63) is 35.1 Å². The van der Waals surface area contributed by atoms with Crippen molar-refractivity contribution in [1.82, 2.24) is 15.6 Å². The van der Waals surface area contributed by atoms with Crippen LogP contribution in [0, 0.1) is 5.82 Å². The van der Waals surface area contributed by atoms with E-state index in [0.29, 0.717) is 17.7 Å². The number of amides is 1. The summed E-state index contributed by atoms with van der Waals surface area (Å²) in [7, 11) is 3.82. The van der Waals surface area contributed by atoms with Gasteiger partial charge in [0, 0.05) is 17.7 Å². The topological polar surface area (TPSA) is 70.4 Å².